The molecule has 1 atom stereocenters. The van der Waals surface area contributed by atoms with Crippen LogP contribution in [0.4, 0.5) is 4.39 Å². The molecule has 0 aromatic carbocycles. The Morgan fingerprint density at radius 3 is 3.16 bits per heavy atom. The molecule has 1 amide bonds. The zero-order valence-corrected chi connectivity index (χ0v) is 11.7. The van der Waals surface area contributed by atoms with E-state index in [1.54, 1.807) is 12.0 Å². The fourth-order valence-corrected chi connectivity index (χ4v) is 3.33. The first-order chi connectivity index (χ1) is 9.24. The van der Waals surface area contributed by atoms with Gasteiger partial charge in [0.05, 0.1) is 18.4 Å². The molecule has 2 heterocycles. The van der Waals surface area contributed by atoms with E-state index in [-0.39, 0.29) is 17.5 Å². The fraction of sp³-hybridized carbons (Fsp3) is 0.538. The number of hydrogen-bond donors (Lipinski definition) is 0. The van der Waals surface area contributed by atoms with Crippen molar-refractivity contribution < 1.29 is 13.9 Å². The Balaban J connectivity index is 2.17. The second-order valence-corrected chi connectivity index (χ2v) is 5.51. The van der Waals surface area contributed by atoms with Crippen LogP contribution < -0.4 is 0 Å². The Morgan fingerprint density at radius 2 is 2.53 bits per heavy atom. The number of amides is 1. The molecular weight excluding hydrogens is 267 g/mol. The van der Waals surface area contributed by atoms with E-state index in [1.165, 1.54) is 12.3 Å². The number of thioether (sulfide) groups is 1. The molecule has 0 bridgehead atoms. The van der Waals surface area contributed by atoms with Gasteiger partial charge in [-0.3, -0.25) is 9.78 Å². The standard InChI is InChI=1S/C13H17FN2O2S/c1-18-6-5-16(10-3-7-19-9-10)13(17)11-2-4-15-8-12(11)14/h2,4,8,10H,3,5-7,9H2,1H3. The smallest absolute Gasteiger partial charge is 0.257 e. The molecule has 1 saturated heterocycles. The van der Waals surface area contributed by atoms with Gasteiger partial charge in [0.15, 0.2) is 5.82 Å². The van der Waals surface area contributed by atoms with Crippen LogP contribution in [0, 0.1) is 5.82 Å². The number of pyridine rings is 1. The maximum atomic E-state index is 13.7. The van der Waals surface area contributed by atoms with Gasteiger partial charge in [-0.25, -0.2) is 4.39 Å². The Labute approximate surface area is 116 Å². The molecule has 0 spiro atoms. The molecule has 104 valence electrons. The molecule has 1 aromatic rings. The van der Waals surface area contributed by atoms with Crippen LogP contribution in [-0.4, -0.2) is 53.6 Å². The van der Waals surface area contributed by atoms with Crippen LogP contribution in [0.15, 0.2) is 18.5 Å². The summed E-state index contributed by atoms with van der Waals surface area (Å²) in [5.74, 6) is 1.10. The minimum absolute atomic E-state index is 0.0861. The highest BCUT2D eigenvalue weighted by Gasteiger charge is 2.28. The highest BCUT2D eigenvalue weighted by Crippen LogP contribution is 2.24. The van der Waals surface area contributed by atoms with Crippen molar-refractivity contribution in [2.45, 2.75) is 12.5 Å². The fourth-order valence-electron chi connectivity index (χ4n) is 2.11. The number of hydrogen-bond acceptors (Lipinski definition) is 4. The van der Waals surface area contributed by atoms with Gasteiger partial charge in [0.1, 0.15) is 0 Å². The summed E-state index contributed by atoms with van der Waals surface area (Å²) in [5, 5.41) is 0. The lowest BCUT2D eigenvalue weighted by Crippen LogP contribution is -2.42. The van der Waals surface area contributed by atoms with Gasteiger partial charge >= 0.3 is 0 Å². The summed E-state index contributed by atoms with van der Waals surface area (Å²) >= 11 is 1.82. The number of methoxy groups -OCH3 is 1. The Kier molecular flexibility index (Phi) is 5.15. The Bertz CT molecular complexity index is 438. The second-order valence-electron chi connectivity index (χ2n) is 4.36. The van der Waals surface area contributed by atoms with Crippen LogP contribution >= 0.6 is 11.8 Å². The van der Waals surface area contributed by atoms with Crippen molar-refractivity contribution >= 4 is 17.7 Å². The predicted octanol–water partition coefficient (Wildman–Crippen LogP) is 1.81. The number of halogens is 1. The molecule has 2 rings (SSSR count). The van der Waals surface area contributed by atoms with Crippen LogP contribution in [0.3, 0.4) is 0 Å². The maximum Gasteiger partial charge on any atom is 0.257 e. The van der Waals surface area contributed by atoms with Crippen LogP contribution in [-0.2, 0) is 4.74 Å². The van der Waals surface area contributed by atoms with Gasteiger partial charge in [-0.05, 0) is 18.2 Å². The molecule has 0 saturated carbocycles. The van der Waals surface area contributed by atoms with Gasteiger partial charge < -0.3 is 9.64 Å². The third kappa shape index (κ3) is 3.45. The molecule has 19 heavy (non-hydrogen) atoms. The molecule has 1 fully saturated rings. The molecule has 4 nitrogen and oxygen atoms in total. The van der Waals surface area contributed by atoms with Gasteiger partial charge in [-0.2, -0.15) is 11.8 Å². The van der Waals surface area contributed by atoms with E-state index in [9.17, 15) is 9.18 Å². The summed E-state index contributed by atoms with van der Waals surface area (Å²) in [6.45, 7) is 0.946. The normalized spacial score (nSPS) is 18.5. The van der Waals surface area contributed by atoms with E-state index in [4.69, 9.17) is 4.74 Å². The molecule has 6 heteroatoms. The van der Waals surface area contributed by atoms with Crippen LogP contribution in [0.1, 0.15) is 16.8 Å². The molecule has 0 N–H and O–H groups in total. The minimum Gasteiger partial charge on any atom is -0.383 e. The summed E-state index contributed by atoms with van der Waals surface area (Å²) in [6, 6.07) is 1.60. The zero-order valence-electron chi connectivity index (χ0n) is 10.8. The highest BCUT2D eigenvalue weighted by atomic mass is 32.2. The number of carbonyl (C=O) groups is 1. The van der Waals surface area contributed by atoms with Crippen LogP contribution in [0.2, 0.25) is 0 Å². The molecule has 1 aromatic heterocycles. The summed E-state index contributed by atoms with van der Waals surface area (Å²) < 4.78 is 18.7. The molecule has 0 radical (unpaired) electrons. The lowest BCUT2D eigenvalue weighted by Gasteiger charge is -2.28. The first-order valence-corrected chi connectivity index (χ1v) is 7.36. The van der Waals surface area contributed by atoms with Crippen LogP contribution in [0.5, 0.6) is 0 Å². The van der Waals surface area contributed by atoms with Crippen molar-refractivity contribution in [2.24, 2.45) is 0 Å². The summed E-state index contributed by atoms with van der Waals surface area (Å²) in [6.07, 6.45) is 3.46. The first kappa shape index (κ1) is 14.3. The average Bonchev–Trinajstić information content (AvgIpc) is 2.93. The summed E-state index contributed by atoms with van der Waals surface area (Å²) in [4.78, 5) is 17.8. The average molecular weight is 284 g/mol. The largest absolute Gasteiger partial charge is 0.383 e. The van der Waals surface area contributed by atoms with Gasteiger partial charge in [-0.1, -0.05) is 0 Å². The zero-order chi connectivity index (χ0) is 13.7. The van der Waals surface area contributed by atoms with Crippen molar-refractivity contribution in [1.82, 2.24) is 9.88 Å². The third-order valence-electron chi connectivity index (χ3n) is 3.15. The van der Waals surface area contributed by atoms with Crippen molar-refractivity contribution in [1.29, 1.82) is 0 Å². The monoisotopic (exact) mass is 284 g/mol. The minimum atomic E-state index is -0.569. The first-order valence-electron chi connectivity index (χ1n) is 6.21. The third-order valence-corrected chi connectivity index (χ3v) is 4.29. The SMILES string of the molecule is COCCN(C(=O)c1ccncc1F)C1CCSC1. The number of aromatic nitrogens is 1. The lowest BCUT2D eigenvalue weighted by atomic mass is 10.1. The molecule has 1 unspecified atom stereocenters. The predicted molar refractivity (Wildman–Crippen MR) is 72.8 cm³/mol. The van der Waals surface area contributed by atoms with Gasteiger partial charge in [0.25, 0.3) is 5.91 Å². The van der Waals surface area contributed by atoms with Crippen LogP contribution in [0.25, 0.3) is 0 Å². The number of carbonyl (C=O) groups excluding carboxylic acids is 1. The van der Waals surface area contributed by atoms with Crippen molar-refractivity contribution in [2.75, 3.05) is 31.8 Å². The van der Waals surface area contributed by atoms with Crippen molar-refractivity contribution in [3.05, 3.63) is 29.8 Å². The number of nitrogens with zero attached hydrogens (tertiary/aromatic N) is 2. The maximum absolute atomic E-state index is 13.7. The summed E-state index contributed by atoms with van der Waals surface area (Å²) in [7, 11) is 1.60. The van der Waals surface area contributed by atoms with E-state index in [0.29, 0.717) is 13.2 Å². The molecular formula is C13H17FN2O2S. The van der Waals surface area contributed by atoms with Crippen molar-refractivity contribution in [3.8, 4) is 0 Å². The number of rotatable bonds is 5. The number of ether oxygens (including phenoxy) is 1. The van der Waals surface area contributed by atoms with E-state index in [2.05, 4.69) is 4.98 Å². The topological polar surface area (TPSA) is 42.4 Å². The molecule has 1 aliphatic rings. The van der Waals surface area contributed by atoms with Gasteiger partial charge in [-0.15, -0.1) is 0 Å². The second kappa shape index (κ2) is 6.86. The summed E-state index contributed by atoms with van der Waals surface area (Å²) in [5.41, 5.74) is 0.0861. The lowest BCUT2D eigenvalue weighted by molar-refractivity contribution is 0.0620. The van der Waals surface area contributed by atoms with E-state index < -0.39 is 5.82 Å². The highest BCUT2D eigenvalue weighted by molar-refractivity contribution is 7.99. The quantitative estimate of drug-likeness (QED) is 0.827. The Morgan fingerprint density at radius 1 is 1.68 bits per heavy atom. The van der Waals surface area contributed by atoms with E-state index in [0.717, 1.165) is 24.1 Å². The van der Waals surface area contributed by atoms with Crippen molar-refractivity contribution in [3.63, 3.8) is 0 Å². The Hall–Kier alpha value is -1.14. The molecule has 0 aliphatic carbocycles. The van der Waals surface area contributed by atoms with E-state index in [1.807, 2.05) is 11.8 Å². The van der Waals surface area contributed by atoms with Gasteiger partial charge in [0.2, 0.25) is 0 Å². The molecule has 1 aliphatic heterocycles. The van der Waals surface area contributed by atoms with E-state index >= 15 is 0 Å². The van der Waals surface area contributed by atoms with Gasteiger partial charge in [0, 0.05) is 31.6 Å².